The lowest BCUT2D eigenvalue weighted by Gasteiger charge is -2.19. The summed E-state index contributed by atoms with van der Waals surface area (Å²) >= 11 is 0. The Morgan fingerprint density at radius 1 is 1.05 bits per heavy atom. The van der Waals surface area contributed by atoms with Crippen molar-refractivity contribution in [3.63, 3.8) is 0 Å². The Bertz CT molecular complexity index is 619. The number of aryl methyl sites for hydroxylation is 1. The van der Waals surface area contributed by atoms with Gasteiger partial charge < -0.3 is 4.74 Å². The third-order valence-electron chi connectivity index (χ3n) is 3.44. The summed E-state index contributed by atoms with van der Waals surface area (Å²) < 4.78 is 5.36. The fourth-order valence-corrected chi connectivity index (χ4v) is 2.11. The number of benzene rings is 2. The van der Waals surface area contributed by atoms with Crippen molar-refractivity contribution in [1.82, 2.24) is 0 Å². The van der Waals surface area contributed by atoms with Crippen molar-refractivity contribution >= 4 is 5.97 Å². The van der Waals surface area contributed by atoms with E-state index in [9.17, 15) is 4.79 Å². The van der Waals surface area contributed by atoms with Crippen molar-refractivity contribution < 1.29 is 9.53 Å². The number of esters is 1. The molecule has 0 heterocycles. The Hall–Kier alpha value is -2.09. The van der Waals surface area contributed by atoms with Crippen LogP contribution < -0.4 is 0 Å². The van der Waals surface area contributed by atoms with Gasteiger partial charge in [0.1, 0.15) is 6.61 Å². The quantitative estimate of drug-likeness (QED) is 0.766. The van der Waals surface area contributed by atoms with Crippen molar-refractivity contribution in [3.8, 4) is 0 Å². The van der Waals surface area contributed by atoms with Gasteiger partial charge in [0.05, 0.1) is 5.56 Å². The van der Waals surface area contributed by atoms with Crippen LogP contribution in [0, 0.1) is 6.92 Å². The molecule has 0 fully saturated rings. The van der Waals surface area contributed by atoms with Crippen molar-refractivity contribution in [1.29, 1.82) is 0 Å². The Labute approximate surface area is 126 Å². The van der Waals surface area contributed by atoms with Crippen LogP contribution in [0.5, 0.6) is 0 Å². The number of carbonyl (C=O) groups excluding carboxylic acids is 1. The molecule has 0 amide bonds. The molecule has 0 aromatic heterocycles. The van der Waals surface area contributed by atoms with Crippen LogP contribution in [-0.2, 0) is 16.8 Å². The predicted molar refractivity (Wildman–Crippen MR) is 85.4 cm³/mol. The van der Waals surface area contributed by atoms with E-state index in [1.54, 1.807) is 6.07 Å². The molecule has 0 N–H and O–H groups in total. The van der Waals surface area contributed by atoms with Gasteiger partial charge in [0.25, 0.3) is 0 Å². The predicted octanol–water partition coefficient (Wildman–Crippen LogP) is 4.65. The van der Waals surface area contributed by atoms with Gasteiger partial charge in [-0.2, -0.15) is 0 Å². The number of ether oxygens (including phenoxy) is 1. The molecule has 2 rings (SSSR count). The molecule has 0 saturated heterocycles. The molecule has 0 unspecified atom stereocenters. The van der Waals surface area contributed by atoms with Crippen LogP contribution in [0.15, 0.2) is 48.5 Å². The molecule has 0 radical (unpaired) electrons. The van der Waals surface area contributed by atoms with Crippen LogP contribution in [-0.4, -0.2) is 5.97 Å². The number of carbonyl (C=O) groups is 1. The smallest absolute Gasteiger partial charge is 0.338 e. The van der Waals surface area contributed by atoms with Crippen molar-refractivity contribution in [2.75, 3.05) is 0 Å². The molecule has 0 spiro atoms. The zero-order valence-corrected chi connectivity index (χ0v) is 13.1. The first-order valence-corrected chi connectivity index (χ1v) is 7.19. The highest BCUT2D eigenvalue weighted by Gasteiger charge is 2.13. The number of hydrogen-bond donors (Lipinski definition) is 0. The molecule has 0 aliphatic rings. The fourth-order valence-electron chi connectivity index (χ4n) is 2.11. The summed E-state index contributed by atoms with van der Waals surface area (Å²) in [6, 6.07) is 15.7. The summed E-state index contributed by atoms with van der Waals surface area (Å²) in [5, 5.41) is 0. The van der Waals surface area contributed by atoms with Crippen molar-refractivity contribution in [3.05, 3.63) is 70.8 Å². The van der Waals surface area contributed by atoms with Gasteiger partial charge in [0, 0.05) is 0 Å². The van der Waals surface area contributed by atoms with E-state index in [-0.39, 0.29) is 11.4 Å². The minimum atomic E-state index is -0.279. The minimum absolute atomic E-state index is 0.136. The first-order valence-electron chi connectivity index (χ1n) is 7.19. The molecule has 0 saturated carbocycles. The van der Waals surface area contributed by atoms with E-state index >= 15 is 0 Å². The van der Waals surface area contributed by atoms with Crippen LogP contribution >= 0.6 is 0 Å². The maximum Gasteiger partial charge on any atom is 0.338 e. The first kappa shape index (κ1) is 15.3. The van der Waals surface area contributed by atoms with Crippen LogP contribution in [0.2, 0.25) is 0 Å². The van der Waals surface area contributed by atoms with Gasteiger partial charge in [-0.25, -0.2) is 4.79 Å². The molecule has 0 aliphatic heterocycles. The summed E-state index contributed by atoms with van der Waals surface area (Å²) in [6.07, 6.45) is 0. The second-order valence-electron chi connectivity index (χ2n) is 6.39. The highest BCUT2D eigenvalue weighted by Crippen LogP contribution is 2.22. The molecule has 2 aromatic rings. The molecule has 0 bridgehead atoms. The van der Waals surface area contributed by atoms with Crippen LogP contribution in [0.3, 0.4) is 0 Å². The number of hydrogen-bond acceptors (Lipinski definition) is 2. The molecular formula is C19H22O2. The highest BCUT2D eigenvalue weighted by atomic mass is 16.5. The molecule has 0 aliphatic carbocycles. The fraction of sp³-hybridized carbons (Fsp3) is 0.316. The summed E-state index contributed by atoms with van der Waals surface area (Å²) in [5.74, 6) is -0.279. The third-order valence-corrected chi connectivity index (χ3v) is 3.44. The Kier molecular flexibility index (Phi) is 4.46. The summed E-state index contributed by atoms with van der Waals surface area (Å²) in [7, 11) is 0. The van der Waals surface area contributed by atoms with Gasteiger partial charge in [0.15, 0.2) is 0 Å². The van der Waals surface area contributed by atoms with Crippen molar-refractivity contribution in [2.24, 2.45) is 0 Å². The Morgan fingerprint density at radius 3 is 2.29 bits per heavy atom. The lowest BCUT2D eigenvalue weighted by Crippen LogP contribution is -2.11. The van der Waals surface area contributed by atoms with Crippen LogP contribution in [0.1, 0.15) is 47.8 Å². The number of rotatable bonds is 3. The standard InChI is InChI=1S/C19H22O2/c1-14-6-5-7-16(12-14)18(20)21-13-15-8-10-17(11-9-15)19(2,3)4/h5-12H,13H2,1-4H3. The summed E-state index contributed by atoms with van der Waals surface area (Å²) in [4.78, 5) is 12.0. The molecular weight excluding hydrogens is 260 g/mol. The van der Waals surface area contributed by atoms with Crippen LogP contribution in [0.25, 0.3) is 0 Å². The second-order valence-corrected chi connectivity index (χ2v) is 6.39. The van der Waals surface area contributed by atoms with E-state index in [4.69, 9.17) is 4.74 Å². The van der Waals surface area contributed by atoms with Gasteiger partial charge in [-0.1, -0.05) is 62.7 Å². The Morgan fingerprint density at radius 2 is 1.71 bits per heavy atom. The summed E-state index contributed by atoms with van der Waals surface area (Å²) in [5.41, 5.74) is 4.07. The normalized spacial score (nSPS) is 11.2. The minimum Gasteiger partial charge on any atom is -0.457 e. The van der Waals surface area contributed by atoms with Gasteiger partial charge >= 0.3 is 5.97 Å². The van der Waals surface area contributed by atoms with Gasteiger partial charge in [-0.3, -0.25) is 0 Å². The maximum atomic E-state index is 12.0. The van der Waals surface area contributed by atoms with E-state index in [0.29, 0.717) is 12.2 Å². The van der Waals surface area contributed by atoms with E-state index in [1.807, 2.05) is 37.3 Å². The third kappa shape index (κ3) is 4.19. The van der Waals surface area contributed by atoms with E-state index in [2.05, 4.69) is 32.9 Å². The van der Waals surface area contributed by atoms with Gasteiger partial charge in [-0.05, 0) is 35.6 Å². The van der Waals surface area contributed by atoms with E-state index in [0.717, 1.165) is 11.1 Å². The maximum absolute atomic E-state index is 12.0. The summed E-state index contributed by atoms with van der Waals surface area (Å²) in [6.45, 7) is 8.80. The average Bonchev–Trinajstić information content (AvgIpc) is 2.44. The zero-order valence-electron chi connectivity index (χ0n) is 13.1. The van der Waals surface area contributed by atoms with Crippen LogP contribution in [0.4, 0.5) is 0 Å². The highest BCUT2D eigenvalue weighted by molar-refractivity contribution is 5.89. The lowest BCUT2D eigenvalue weighted by molar-refractivity contribution is 0.0472. The van der Waals surface area contributed by atoms with E-state index < -0.39 is 0 Å². The molecule has 2 aromatic carbocycles. The molecule has 2 heteroatoms. The molecule has 2 nitrogen and oxygen atoms in total. The van der Waals surface area contributed by atoms with Gasteiger partial charge in [-0.15, -0.1) is 0 Å². The molecule has 0 atom stereocenters. The zero-order chi connectivity index (χ0) is 15.5. The second kappa shape index (κ2) is 6.13. The average molecular weight is 282 g/mol. The Balaban J connectivity index is 1.98. The topological polar surface area (TPSA) is 26.3 Å². The van der Waals surface area contributed by atoms with Crippen molar-refractivity contribution in [2.45, 2.75) is 39.7 Å². The first-order chi connectivity index (χ1) is 9.86. The molecule has 110 valence electrons. The molecule has 21 heavy (non-hydrogen) atoms. The van der Waals surface area contributed by atoms with Gasteiger partial charge in [0.2, 0.25) is 0 Å². The largest absolute Gasteiger partial charge is 0.457 e. The van der Waals surface area contributed by atoms with E-state index in [1.165, 1.54) is 5.56 Å². The SMILES string of the molecule is Cc1cccc(C(=O)OCc2ccc(C(C)(C)C)cc2)c1. The lowest BCUT2D eigenvalue weighted by atomic mass is 9.87. The monoisotopic (exact) mass is 282 g/mol.